The molecular formula is C7H14ClNO. The lowest BCUT2D eigenvalue weighted by atomic mass is 9.97. The molecule has 0 aliphatic carbocycles. The van der Waals surface area contributed by atoms with E-state index in [4.69, 9.17) is 4.74 Å². The van der Waals surface area contributed by atoms with Crippen LogP contribution in [0.3, 0.4) is 0 Å². The van der Waals surface area contributed by atoms with Crippen LogP contribution in [0.5, 0.6) is 0 Å². The van der Waals surface area contributed by atoms with Crippen LogP contribution in [0.1, 0.15) is 19.3 Å². The molecule has 1 N–H and O–H groups in total. The Hall–Kier alpha value is 0.210. The van der Waals surface area contributed by atoms with Crippen molar-refractivity contribution in [2.24, 2.45) is 0 Å². The normalized spacial score (nSPS) is 38.4. The zero-order valence-corrected chi connectivity index (χ0v) is 6.82. The third-order valence-corrected chi connectivity index (χ3v) is 2.27. The lowest BCUT2D eigenvalue weighted by Gasteiger charge is -2.35. The Morgan fingerprint density at radius 3 is 2.90 bits per heavy atom. The summed E-state index contributed by atoms with van der Waals surface area (Å²) in [6.45, 7) is 2.14. The molecular weight excluding hydrogens is 150 g/mol. The van der Waals surface area contributed by atoms with E-state index in [1.165, 1.54) is 19.3 Å². The molecule has 0 aromatic rings. The van der Waals surface area contributed by atoms with Gasteiger partial charge in [0.25, 0.3) is 0 Å². The number of halogens is 1. The largest absolute Gasteiger partial charge is 0.378 e. The van der Waals surface area contributed by atoms with Gasteiger partial charge in [0.15, 0.2) is 0 Å². The van der Waals surface area contributed by atoms with Crippen molar-refractivity contribution >= 4 is 12.4 Å². The fourth-order valence-corrected chi connectivity index (χ4v) is 1.72. The first-order valence-corrected chi connectivity index (χ1v) is 3.80. The predicted octanol–water partition coefficient (Wildman–Crippen LogP) is 0.949. The summed E-state index contributed by atoms with van der Waals surface area (Å²) in [6, 6.07) is 0.775. The van der Waals surface area contributed by atoms with Gasteiger partial charge in [-0.3, -0.25) is 0 Å². The topological polar surface area (TPSA) is 21.3 Å². The van der Waals surface area contributed by atoms with E-state index in [-0.39, 0.29) is 12.4 Å². The second kappa shape index (κ2) is 3.56. The highest BCUT2D eigenvalue weighted by Crippen LogP contribution is 2.19. The second-order valence-electron chi connectivity index (χ2n) is 2.96. The third kappa shape index (κ3) is 1.62. The number of ether oxygens (including phenoxy) is 1. The zero-order chi connectivity index (χ0) is 6.10. The average Bonchev–Trinajstić information content (AvgIpc) is 1.88. The van der Waals surface area contributed by atoms with Gasteiger partial charge in [-0.25, -0.2) is 0 Å². The summed E-state index contributed by atoms with van der Waals surface area (Å²) in [7, 11) is 0. The molecule has 2 unspecified atom stereocenters. The van der Waals surface area contributed by atoms with E-state index in [1.54, 1.807) is 0 Å². The Bertz CT molecular complexity index is 89.8. The Labute approximate surface area is 67.7 Å². The molecule has 2 atom stereocenters. The first-order chi connectivity index (χ1) is 4.45. The maximum atomic E-state index is 5.51. The summed E-state index contributed by atoms with van der Waals surface area (Å²) in [5.74, 6) is 0. The quantitative estimate of drug-likeness (QED) is 0.574. The van der Waals surface area contributed by atoms with Crippen LogP contribution in [0.25, 0.3) is 0 Å². The van der Waals surface area contributed by atoms with E-state index in [0.29, 0.717) is 6.10 Å². The van der Waals surface area contributed by atoms with Crippen molar-refractivity contribution in [3.8, 4) is 0 Å². The molecule has 3 heteroatoms. The summed E-state index contributed by atoms with van der Waals surface area (Å²) in [5.41, 5.74) is 0. The fourth-order valence-electron chi connectivity index (χ4n) is 1.72. The van der Waals surface area contributed by atoms with Crippen molar-refractivity contribution in [1.82, 2.24) is 5.32 Å². The number of piperidine rings is 1. The van der Waals surface area contributed by atoms with Crippen LogP contribution in [0.15, 0.2) is 0 Å². The molecule has 2 aliphatic rings. The van der Waals surface area contributed by atoms with Crippen molar-refractivity contribution < 1.29 is 4.74 Å². The second-order valence-corrected chi connectivity index (χ2v) is 2.96. The lowest BCUT2D eigenvalue weighted by Crippen LogP contribution is -2.45. The van der Waals surface area contributed by atoms with Crippen molar-refractivity contribution in [2.75, 3.05) is 13.2 Å². The van der Waals surface area contributed by atoms with Gasteiger partial charge < -0.3 is 10.1 Å². The van der Waals surface area contributed by atoms with Crippen molar-refractivity contribution in [1.29, 1.82) is 0 Å². The Morgan fingerprint density at radius 1 is 1.30 bits per heavy atom. The van der Waals surface area contributed by atoms with Gasteiger partial charge in [-0.05, 0) is 25.8 Å². The monoisotopic (exact) mass is 163 g/mol. The third-order valence-electron chi connectivity index (χ3n) is 2.27. The van der Waals surface area contributed by atoms with Crippen molar-refractivity contribution in [2.45, 2.75) is 31.4 Å². The molecule has 0 saturated carbocycles. The van der Waals surface area contributed by atoms with Crippen molar-refractivity contribution in [3.05, 3.63) is 0 Å². The van der Waals surface area contributed by atoms with Gasteiger partial charge in [0.05, 0.1) is 6.10 Å². The molecule has 2 fully saturated rings. The molecule has 2 aliphatic heterocycles. The summed E-state index contributed by atoms with van der Waals surface area (Å²) < 4.78 is 5.51. The van der Waals surface area contributed by atoms with Crippen LogP contribution in [0, 0.1) is 0 Å². The summed E-state index contributed by atoms with van der Waals surface area (Å²) in [5, 5.41) is 3.47. The standard InChI is InChI=1S/C7H13NO.ClH/c1-3-8-6-2-4-9-7(1)5-6;/h6-8H,1-5H2;1H. The first kappa shape index (κ1) is 8.31. The summed E-state index contributed by atoms with van der Waals surface area (Å²) >= 11 is 0. The fraction of sp³-hybridized carbons (Fsp3) is 1.00. The predicted molar refractivity (Wildman–Crippen MR) is 42.6 cm³/mol. The molecule has 2 bridgehead atoms. The summed E-state index contributed by atoms with van der Waals surface area (Å²) in [4.78, 5) is 0. The highest BCUT2D eigenvalue weighted by atomic mass is 35.5. The van der Waals surface area contributed by atoms with Crippen LogP contribution in [0.4, 0.5) is 0 Å². The van der Waals surface area contributed by atoms with E-state index in [1.807, 2.05) is 0 Å². The molecule has 60 valence electrons. The SMILES string of the molecule is C1CC2CC(CCO2)N1.Cl. The van der Waals surface area contributed by atoms with E-state index in [0.717, 1.165) is 19.2 Å². The number of hydrogen-bond acceptors (Lipinski definition) is 2. The minimum atomic E-state index is 0. The Morgan fingerprint density at radius 2 is 2.20 bits per heavy atom. The summed E-state index contributed by atoms with van der Waals surface area (Å²) in [6.07, 6.45) is 4.28. The van der Waals surface area contributed by atoms with Crippen LogP contribution < -0.4 is 5.32 Å². The smallest absolute Gasteiger partial charge is 0.0602 e. The lowest BCUT2D eigenvalue weighted by molar-refractivity contribution is -0.0195. The molecule has 2 rings (SSSR count). The van der Waals surface area contributed by atoms with E-state index >= 15 is 0 Å². The maximum Gasteiger partial charge on any atom is 0.0602 e. The number of fused-ring (bicyclic) bond motifs is 2. The highest BCUT2D eigenvalue weighted by Gasteiger charge is 2.25. The Balaban J connectivity index is 0.000000500. The van der Waals surface area contributed by atoms with Gasteiger partial charge in [0.1, 0.15) is 0 Å². The molecule has 2 heterocycles. The van der Waals surface area contributed by atoms with E-state index in [9.17, 15) is 0 Å². The number of nitrogens with one attached hydrogen (secondary N) is 1. The number of hydrogen-bond donors (Lipinski definition) is 1. The molecule has 0 amide bonds. The molecule has 10 heavy (non-hydrogen) atoms. The molecule has 0 spiro atoms. The molecule has 2 nitrogen and oxygen atoms in total. The van der Waals surface area contributed by atoms with Crippen LogP contribution >= 0.6 is 12.4 Å². The Kier molecular flexibility index (Phi) is 2.96. The van der Waals surface area contributed by atoms with E-state index in [2.05, 4.69) is 5.32 Å². The minimum absolute atomic E-state index is 0. The molecule has 2 saturated heterocycles. The minimum Gasteiger partial charge on any atom is -0.378 e. The van der Waals surface area contributed by atoms with E-state index < -0.39 is 0 Å². The average molecular weight is 164 g/mol. The van der Waals surface area contributed by atoms with Gasteiger partial charge in [-0.15, -0.1) is 12.4 Å². The number of rotatable bonds is 0. The first-order valence-electron chi connectivity index (χ1n) is 3.80. The highest BCUT2D eigenvalue weighted by molar-refractivity contribution is 5.85. The van der Waals surface area contributed by atoms with Crippen LogP contribution in [-0.4, -0.2) is 25.3 Å². The van der Waals surface area contributed by atoms with Gasteiger partial charge in [-0.2, -0.15) is 0 Å². The molecule has 0 aromatic heterocycles. The van der Waals surface area contributed by atoms with Gasteiger partial charge >= 0.3 is 0 Å². The van der Waals surface area contributed by atoms with Crippen molar-refractivity contribution in [3.63, 3.8) is 0 Å². The van der Waals surface area contributed by atoms with Crippen LogP contribution in [0.2, 0.25) is 0 Å². The van der Waals surface area contributed by atoms with Gasteiger partial charge in [0, 0.05) is 12.6 Å². The van der Waals surface area contributed by atoms with Crippen LogP contribution in [-0.2, 0) is 4.74 Å². The molecule has 0 aromatic carbocycles. The zero-order valence-electron chi connectivity index (χ0n) is 6.01. The van der Waals surface area contributed by atoms with Gasteiger partial charge in [-0.1, -0.05) is 0 Å². The molecule has 0 radical (unpaired) electrons. The van der Waals surface area contributed by atoms with Gasteiger partial charge in [0.2, 0.25) is 0 Å². The maximum absolute atomic E-state index is 5.51.